The number of halogens is 2. The van der Waals surface area contributed by atoms with Crippen molar-refractivity contribution in [2.75, 3.05) is 13.2 Å². The Bertz CT molecular complexity index is 846. The normalized spacial score (nSPS) is 24.2. The molecule has 0 N–H and O–H groups in total. The minimum atomic E-state index is -1.26. The van der Waals surface area contributed by atoms with Crippen LogP contribution in [-0.2, 0) is 25.0 Å². The molecule has 0 aliphatic carbocycles. The van der Waals surface area contributed by atoms with Gasteiger partial charge in [-0.25, -0.2) is 18.3 Å². The van der Waals surface area contributed by atoms with Gasteiger partial charge in [-0.3, -0.25) is 9.47 Å². The van der Waals surface area contributed by atoms with Crippen molar-refractivity contribution in [2.24, 2.45) is 7.05 Å². The second-order valence-electron chi connectivity index (χ2n) is 8.84. The van der Waals surface area contributed by atoms with Crippen LogP contribution in [0.1, 0.15) is 66.1 Å². The summed E-state index contributed by atoms with van der Waals surface area (Å²) in [6, 6.07) is 0.380. The van der Waals surface area contributed by atoms with E-state index in [2.05, 4.69) is 43.8 Å². The summed E-state index contributed by atoms with van der Waals surface area (Å²) < 4.78 is 36.3. The lowest BCUT2D eigenvalue weighted by molar-refractivity contribution is -0.0395. The molecule has 2 rings (SSSR count). The van der Waals surface area contributed by atoms with Gasteiger partial charge in [0, 0.05) is 25.7 Å². The molecule has 8 heteroatoms. The highest BCUT2D eigenvalue weighted by Gasteiger charge is 2.34. The fourth-order valence-corrected chi connectivity index (χ4v) is 4.47. The van der Waals surface area contributed by atoms with Crippen molar-refractivity contribution in [1.29, 1.82) is 0 Å². The predicted molar refractivity (Wildman–Crippen MR) is 124 cm³/mol. The van der Waals surface area contributed by atoms with Crippen molar-refractivity contribution in [3.63, 3.8) is 0 Å². The number of hydrogen-bond donors (Lipinski definition) is 0. The molecule has 0 saturated carbocycles. The molecule has 182 valence electrons. The maximum absolute atomic E-state index is 15.0. The van der Waals surface area contributed by atoms with Crippen LogP contribution in [0, 0.1) is 0 Å². The Hall–Kier alpha value is -1.80. The van der Waals surface area contributed by atoms with E-state index in [-0.39, 0.29) is 37.1 Å². The maximum Gasteiger partial charge on any atom is 0.345 e. The van der Waals surface area contributed by atoms with Crippen LogP contribution in [0.5, 0.6) is 0 Å². The van der Waals surface area contributed by atoms with Crippen molar-refractivity contribution < 1.29 is 13.5 Å². The van der Waals surface area contributed by atoms with Crippen LogP contribution in [0.2, 0.25) is 0 Å². The zero-order chi connectivity index (χ0) is 23.8. The largest absolute Gasteiger partial charge is 0.373 e. The van der Waals surface area contributed by atoms with Gasteiger partial charge in [0.2, 0.25) is 0 Å². The van der Waals surface area contributed by atoms with Crippen LogP contribution in [-0.4, -0.2) is 56.8 Å². The molecule has 0 aromatic carbocycles. The quantitative estimate of drug-likeness (QED) is 0.467. The molecule has 0 spiro atoms. The topological polar surface area (TPSA) is 52.3 Å². The molecule has 2 heterocycles. The Morgan fingerprint density at radius 3 is 2.59 bits per heavy atom. The average molecular weight is 455 g/mol. The predicted octanol–water partition coefficient (Wildman–Crippen LogP) is 4.34. The third-order valence-corrected chi connectivity index (χ3v) is 6.60. The second-order valence-corrected chi connectivity index (χ2v) is 8.84. The summed E-state index contributed by atoms with van der Waals surface area (Å²) >= 11 is 0. The van der Waals surface area contributed by atoms with Crippen LogP contribution >= 0.6 is 0 Å². The fraction of sp³-hybridized carbons (Fsp3) is 0.750. The van der Waals surface area contributed by atoms with Crippen LogP contribution in [0.25, 0.3) is 0 Å². The number of allylic oxidation sites excluding steroid dienone is 2. The van der Waals surface area contributed by atoms with E-state index < -0.39 is 18.5 Å². The number of likely N-dealkylation sites (tertiary alicyclic amines) is 1. The molecule has 0 bridgehead atoms. The summed E-state index contributed by atoms with van der Waals surface area (Å²) in [6.07, 6.45) is 6.64. The van der Waals surface area contributed by atoms with Gasteiger partial charge < -0.3 is 4.74 Å². The van der Waals surface area contributed by atoms with Gasteiger partial charge in [0.05, 0.1) is 19.3 Å². The SMILES string of the molecule is C/C=C\C(COC1CC(C)N(CC(F)Cn2nc(CF)n(C)c2=O)C(CC)C1)=C(\C)CC. The number of alkyl halides is 2. The van der Waals surface area contributed by atoms with E-state index in [1.54, 1.807) is 0 Å². The van der Waals surface area contributed by atoms with Crippen molar-refractivity contribution in [3.05, 3.63) is 39.6 Å². The van der Waals surface area contributed by atoms with E-state index in [9.17, 15) is 13.6 Å². The van der Waals surface area contributed by atoms with Gasteiger partial charge in [-0.15, -0.1) is 0 Å². The Morgan fingerprint density at radius 2 is 2.03 bits per heavy atom. The van der Waals surface area contributed by atoms with Gasteiger partial charge in [-0.1, -0.05) is 31.6 Å². The lowest BCUT2D eigenvalue weighted by Crippen LogP contribution is -2.52. The van der Waals surface area contributed by atoms with Crippen LogP contribution in [0.3, 0.4) is 0 Å². The Labute approximate surface area is 190 Å². The summed E-state index contributed by atoms with van der Waals surface area (Å²) in [5.41, 5.74) is 2.08. The van der Waals surface area contributed by atoms with Crippen LogP contribution in [0.15, 0.2) is 28.1 Å². The summed E-state index contributed by atoms with van der Waals surface area (Å²) in [4.78, 5) is 14.3. The first-order valence-electron chi connectivity index (χ1n) is 11.8. The van der Waals surface area contributed by atoms with E-state index >= 15 is 0 Å². The number of aromatic nitrogens is 3. The van der Waals surface area contributed by atoms with Gasteiger partial charge in [-0.2, -0.15) is 5.10 Å². The van der Waals surface area contributed by atoms with Gasteiger partial charge in [0.25, 0.3) is 0 Å². The van der Waals surface area contributed by atoms with Gasteiger partial charge in [-0.05, 0) is 52.0 Å². The van der Waals surface area contributed by atoms with Crippen molar-refractivity contribution in [2.45, 2.75) is 97.9 Å². The lowest BCUT2D eigenvalue weighted by Gasteiger charge is -2.44. The highest BCUT2D eigenvalue weighted by molar-refractivity contribution is 5.24. The van der Waals surface area contributed by atoms with Crippen LogP contribution in [0.4, 0.5) is 8.78 Å². The number of piperidine rings is 1. The van der Waals surface area contributed by atoms with Gasteiger partial charge in [0.1, 0.15) is 12.8 Å². The molecule has 1 aliphatic rings. The molecular weight excluding hydrogens is 414 g/mol. The molecular formula is C24H40F2N4O2. The molecule has 1 aromatic rings. The Balaban J connectivity index is 1.99. The van der Waals surface area contributed by atoms with Gasteiger partial charge in [0.15, 0.2) is 5.82 Å². The first-order valence-corrected chi connectivity index (χ1v) is 11.8. The van der Waals surface area contributed by atoms with E-state index in [0.29, 0.717) is 6.61 Å². The molecule has 1 fully saturated rings. The summed E-state index contributed by atoms with van der Waals surface area (Å²) in [6.45, 7) is 10.3. The zero-order valence-corrected chi connectivity index (χ0v) is 20.5. The van der Waals surface area contributed by atoms with Gasteiger partial charge >= 0.3 is 5.69 Å². The number of hydrogen-bond acceptors (Lipinski definition) is 4. The standard InChI is InChI=1S/C24H40F2N4O2/c1-7-10-19(17(4)8-2)16-32-22-11-18(5)29(21(9-3)12-22)14-20(26)15-30-24(31)28(6)23(13-25)27-30/h7,10,18,20-22H,8-9,11-16H2,1-6H3/b10-7-,19-17+. The summed E-state index contributed by atoms with van der Waals surface area (Å²) in [7, 11) is 1.45. The molecule has 4 unspecified atom stereocenters. The second kappa shape index (κ2) is 12.4. The Morgan fingerprint density at radius 1 is 1.31 bits per heavy atom. The van der Waals surface area contributed by atoms with Crippen molar-refractivity contribution in [1.82, 2.24) is 19.2 Å². The molecule has 1 aliphatic heterocycles. The summed E-state index contributed by atoms with van der Waals surface area (Å²) in [5, 5.41) is 3.91. The third kappa shape index (κ3) is 6.61. The third-order valence-electron chi connectivity index (χ3n) is 6.60. The smallest absolute Gasteiger partial charge is 0.345 e. The monoisotopic (exact) mass is 454 g/mol. The average Bonchev–Trinajstić information content (AvgIpc) is 3.05. The number of nitrogens with zero attached hydrogens (tertiary/aromatic N) is 4. The first kappa shape index (κ1) is 26.5. The molecule has 32 heavy (non-hydrogen) atoms. The minimum Gasteiger partial charge on any atom is -0.373 e. The Kier molecular flexibility index (Phi) is 10.3. The maximum atomic E-state index is 15.0. The zero-order valence-electron chi connectivity index (χ0n) is 20.5. The highest BCUT2D eigenvalue weighted by atomic mass is 19.1. The highest BCUT2D eigenvalue weighted by Crippen LogP contribution is 2.28. The molecule has 6 nitrogen and oxygen atoms in total. The minimum absolute atomic E-state index is 0.0182. The molecule has 1 saturated heterocycles. The fourth-order valence-electron chi connectivity index (χ4n) is 4.47. The van der Waals surface area contributed by atoms with E-state index in [1.807, 2.05) is 13.0 Å². The van der Waals surface area contributed by atoms with Crippen molar-refractivity contribution >= 4 is 0 Å². The summed E-state index contributed by atoms with van der Waals surface area (Å²) in [5.74, 6) is 0.0182. The van der Waals surface area contributed by atoms with E-state index in [4.69, 9.17) is 4.74 Å². The molecule has 0 radical (unpaired) electrons. The van der Waals surface area contributed by atoms with Crippen molar-refractivity contribution in [3.8, 4) is 0 Å². The molecule has 0 amide bonds. The lowest BCUT2D eigenvalue weighted by atomic mass is 9.91. The van der Waals surface area contributed by atoms with Crippen LogP contribution < -0.4 is 5.69 Å². The molecule has 4 atom stereocenters. The number of ether oxygens (including phenoxy) is 1. The number of rotatable bonds is 11. The molecule has 1 aromatic heterocycles. The first-order chi connectivity index (χ1) is 15.2. The van der Waals surface area contributed by atoms with E-state index in [1.165, 1.54) is 18.2 Å². The van der Waals surface area contributed by atoms with E-state index in [0.717, 1.165) is 34.9 Å².